The van der Waals surface area contributed by atoms with Crippen molar-refractivity contribution < 1.29 is 19.1 Å². The van der Waals surface area contributed by atoms with Gasteiger partial charge in [-0.2, -0.15) is 0 Å². The van der Waals surface area contributed by atoms with Gasteiger partial charge in [0.25, 0.3) is 0 Å². The lowest BCUT2D eigenvalue weighted by Gasteiger charge is -2.34. The number of carbonyl (C=O) groups is 3. The van der Waals surface area contributed by atoms with Crippen LogP contribution in [-0.4, -0.2) is 59.3 Å². The summed E-state index contributed by atoms with van der Waals surface area (Å²) in [6.45, 7) is 5.96. The zero-order chi connectivity index (χ0) is 30.3. The summed E-state index contributed by atoms with van der Waals surface area (Å²) in [6.07, 6.45) is 1.23. The molecule has 0 radical (unpaired) electrons. The second-order valence-electron chi connectivity index (χ2n) is 11.3. The van der Waals surface area contributed by atoms with Crippen LogP contribution in [-0.2, 0) is 25.7 Å². The Hall–Kier alpha value is -4.02. The fourth-order valence-corrected chi connectivity index (χ4v) is 6.02. The molecule has 1 saturated heterocycles. The van der Waals surface area contributed by atoms with Crippen molar-refractivity contribution in [1.82, 2.24) is 15.5 Å². The molecule has 2 amide bonds. The first-order valence-electron chi connectivity index (χ1n) is 14.1. The monoisotopic (exact) mass is 589 g/mol. The zero-order valence-corrected chi connectivity index (χ0v) is 25.1. The number of benzene rings is 2. The predicted octanol–water partition coefficient (Wildman–Crippen LogP) is 3.77. The first kappa shape index (κ1) is 30.9. The van der Waals surface area contributed by atoms with Gasteiger partial charge in [0.2, 0.25) is 11.8 Å². The van der Waals surface area contributed by atoms with E-state index in [0.29, 0.717) is 24.3 Å². The molecule has 1 aromatic heterocycles. The molecular formula is C32H39N5O4S. The summed E-state index contributed by atoms with van der Waals surface area (Å²) in [5, 5.41) is 13.8. The second kappa shape index (κ2) is 13.8. The van der Waals surface area contributed by atoms with Crippen LogP contribution in [0.3, 0.4) is 0 Å². The third kappa shape index (κ3) is 8.04. The second-order valence-corrected chi connectivity index (χ2v) is 12.5. The number of amides is 2. The Morgan fingerprint density at radius 3 is 2.19 bits per heavy atom. The van der Waals surface area contributed by atoms with E-state index in [1.165, 1.54) is 11.3 Å². The summed E-state index contributed by atoms with van der Waals surface area (Å²) in [7, 11) is 0. The molecule has 0 aliphatic carbocycles. The number of hydrogen-bond acceptors (Lipinski definition) is 7. The fourth-order valence-electron chi connectivity index (χ4n) is 5.21. The normalized spacial score (nSPS) is 15.8. The molecule has 222 valence electrons. The molecule has 1 aliphatic rings. The highest BCUT2D eigenvalue weighted by Crippen LogP contribution is 2.31. The van der Waals surface area contributed by atoms with E-state index in [2.05, 4.69) is 10.6 Å². The summed E-state index contributed by atoms with van der Waals surface area (Å²) in [5.74, 6) is -1.37. The molecule has 0 bridgehead atoms. The number of hydrogen-bond donors (Lipinski definition) is 4. The molecule has 0 saturated carbocycles. The van der Waals surface area contributed by atoms with Crippen LogP contribution in [0.5, 0.6) is 0 Å². The number of likely N-dealkylation sites (tertiary alicyclic amines) is 1. The van der Waals surface area contributed by atoms with Gasteiger partial charge < -0.3 is 20.7 Å². The Morgan fingerprint density at radius 1 is 1.02 bits per heavy atom. The maximum atomic E-state index is 14.4. The smallest absolute Gasteiger partial charge is 0.320 e. The summed E-state index contributed by atoms with van der Waals surface area (Å²) >= 11 is 1.35. The molecule has 42 heavy (non-hydrogen) atoms. The number of nitrogens with two attached hydrogens (primary N) is 1. The van der Waals surface area contributed by atoms with Gasteiger partial charge in [-0.3, -0.25) is 25.1 Å². The van der Waals surface area contributed by atoms with Crippen LogP contribution in [0, 0.1) is 5.41 Å². The van der Waals surface area contributed by atoms with E-state index in [4.69, 9.17) is 15.9 Å². The largest absolute Gasteiger partial charge is 0.459 e. The van der Waals surface area contributed by atoms with Crippen LogP contribution < -0.4 is 16.4 Å². The van der Waals surface area contributed by atoms with Gasteiger partial charge in [-0.1, -0.05) is 60.7 Å². The van der Waals surface area contributed by atoms with Gasteiger partial charge in [-0.25, -0.2) is 0 Å². The van der Waals surface area contributed by atoms with E-state index in [9.17, 15) is 14.4 Å². The van der Waals surface area contributed by atoms with Crippen LogP contribution in [0.4, 0.5) is 0 Å². The summed E-state index contributed by atoms with van der Waals surface area (Å²) in [5.41, 5.74) is 6.74. The van der Waals surface area contributed by atoms with Gasteiger partial charge in [-0.05, 0) is 56.9 Å². The van der Waals surface area contributed by atoms with Crippen molar-refractivity contribution in [1.29, 1.82) is 5.41 Å². The number of rotatable bonds is 11. The molecule has 4 rings (SSSR count). The molecule has 10 heteroatoms. The quantitative estimate of drug-likeness (QED) is 0.153. The van der Waals surface area contributed by atoms with E-state index in [0.717, 1.165) is 16.0 Å². The van der Waals surface area contributed by atoms with Crippen molar-refractivity contribution in [3.05, 3.63) is 93.7 Å². The zero-order valence-electron chi connectivity index (χ0n) is 24.3. The van der Waals surface area contributed by atoms with Crippen molar-refractivity contribution in [3.63, 3.8) is 0 Å². The van der Waals surface area contributed by atoms with Crippen LogP contribution in [0.15, 0.2) is 72.8 Å². The molecule has 1 fully saturated rings. The molecule has 3 aromatic rings. The number of nitrogens with zero attached hydrogens (tertiary/aromatic N) is 1. The average Bonchev–Trinajstić information content (AvgIpc) is 3.64. The number of amidine groups is 1. The fraction of sp³-hybridized carbons (Fsp3) is 0.375. The first-order chi connectivity index (χ1) is 20.0. The Kier molecular flexibility index (Phi) is 10.1. The first-order valence-corrected chi connectivity index (χ1v) is 14.9. The number of nitrogen functional groups attached to an aromatic ring is 1. The Labute approximate surface area is 251 Å². The summed E-state index contributed by atoms with van der Waals surface area (Å²) in [6, 6.07) is 21.6. The summed E-state index contributed by atoms with van der Waals surface area (Å²) < 4.78 is 5.52. The highest BCUT2D eigenvalue weighted by molar-refractivity contribution is 7.14. The van der Waals surface area contributed by atoms with Gasteiger partial charge in [0, 0.05) is 17.3 Å². The van der Waals surface area contributed by atoms with Gasteiger partial charge in [-0.15, -0.1) is 11.3 Å². The van der Waals surface area contributed by atoms with E-state index >= 15 is 0 Å². The highest BCUT2D eigenvalue weighted by atomic mass is 32.1. The van der Waals surface area contributed by atoms with Crippen LogP contribution in [0.1, 0.15) is 60.4 Å². The van der Waals surface area contributed by atoms with Gasteiger partial charge >= 0.3 is 5.97 Å². The van der Waals surface area contributed by atoms with Gasteiger partial charge in [0.05, 0.1) is 24.0 Å². The van der Waals surface area contributed by atoms with Crippen LogP contribution in [0.2, 0.25) is 0 Å². The highest BCUT2D eigenvalue weighted by Gasteiger charge is 2.41. The molecule has 1 aliphatic heterocycles. The Balaban J connectivity index is 1.59. The molecule has 0 spiro atoms. The Bertz CT molecular complexity index is 1350. The topological polar surface area (TPSA) is 138 Å². The number of nitrogens with one attached hydrogen (secondary N) is 3. The number of ether oxygens (including phenoxy) is 1. The molecule has 2 atom stereocenters. The lowest BCUT2D eigenvalue weighted by atomic mass is 9.84. The van der Waals surface area contributed by atoms with Crippen molar-refractivity contribution in [2.24, 2.45) is 5.73 Å². The van der Waals surface area contributed by atoms with Gasteiger partial charge in [0.15, 0.2) is 0 Å². The third-order valence-corrected chi connectivity index (χ3v) is 8.12. The number of esters is 1. The van der Waals surface area contributed by atoms with E-state index < -0.39 is 29.6 Å². The van der Waals surface area contributed by atoms with E-state index in [1.807, 2.05) is 66.7 Å². The molecule has 2 unspecified atom stereocenters. The van der Waals surface area contributed by atoms with Crippen LogP contribution in [0.25, 0.3) is 0 Å². The average molecular weight is 590 g/mol. The van der Waals surface area contributed by atoms with Crippen molar-refractivity contribution in [2.75, 3.05) is 13.1 Å². The SMILES string of the molecule is CC(C)(C)OC(=O)CNC(C(=O)N1CCCC1C(=O)NCc1ccc(C(=N)N)s1)C(c1ccccc1)c1ccccc1. The minimum atomic E-state index is -0.828. The Morgan fingerprint density at radius 2 is 1.64 bits per heavy atom. The number of carbonyl (C=O) groups excluding carboxylic acids is 3. The van der Waals surface area contributed by atoms with Crippen LogP contribution >= 0.6 is 11.3 Å². The maximum Gasteiger partial charge on any atom is 0.320 e. The third-order valence-electron chi connectivity index (χ3n) is 7.01. The molecule has 2 aromatic carbocycles. The minimum absolute atomic E-state index is 0.0125. The number of thiophene rings is 1. The van der Waals surface area contributed by atoms with Crippen molar-refractivity contribution in [3.8, 4) is 0 Å². The standard InChI is InChI=1S/C32H39N5O4S/c1-32(2,3)41-26(38)20-35-28(27(21-11-6-4-7-12-21)22-13-8-5-9-14-22)31(40)37-18-10-15-24(37)30(39)36-19-23-16-17-25(42-23)29(33)34/h4-9,11-14,16-17,24,27-28,35H,10,15,18-20H2,1-3H3,(H3,33,34)(H,36,39). The van der Waals surface area contributed by atoms with Crippen molar-refractivity contribution >= 4 is 35.0 Å². The molecule has 5 N–H and O–H groups in total. The molecular weight excluding hydrogens is 550 g/mol. The predicted molar refractivity (Wildman–Crippen MR) is 164 cm³/mol. The summed E-state index contributed by atoms with van der Waals surface area (Å²) in [4.78, 5) is 43.7. The maximum absolute atomic E-state index is 14.4. The molecule has 2 heterocycles. The molecule has 9 nitrogen and oxygen atoms in total. The lowest BCUT2D eigenvalue weighted by molar-refractivity contribution is -0.154. The minimum Gasteiger partial charge on any atom is -0.459 e. The van der Waals surface area contributed by atoms with Gasteiger partial charge in [0.1, 0.15) is 17.5 Å². The van der Waals surface area contributed by atoms with E-state index in [-0.39, 0.29) is 30.7 Å². The van der Waals surface area contributed by atoms with E-state index in [1.54, 1.807) is 31.7 Å². The van der Waals surface area contributed by atoms with Crippen molar-refractivity contribution in [2.45, 2.75) is 63.8 Å². The lowest BCUT2D eigenvalue weighted by Crippen LogP contribution is -2.55.